The molecule has 0 atom stereocenters. The van der Waals surface area contributed by atoms with Gasteiger partial charge in [0.05, 0.1) is 36.2 Å². The first-order chi connectivity index (χ1) is 16.1. The average Bonchev–Trinajstić information content (AvgIpc) is 3.26. The fourth-order valence-corrected chi connectivity index (χ4v) is 5.13. The number of nitrogens with zero attached hydrogens (tertiary/aromatic N) is 4. The lowest BCUT2D eigenvalue weighted by Gasteiger charge is -2.29. The molecule has 1 N–H and O–H groups in total. The van der Waals surface area contributed by atoms with Gasteiger partial charge in [-0.1, -0.05) is 0 Å². The van der Waals surface area contributed by atoms with Crippen LogP contribution in [0.5, 0.6) is 5.75 Å². The lowest BCUT2D eigenvalue weighted by Crippen LogP contribution is -2.38. The van der Waals surface area contributed by atoms with E-state index >= 15 is 0 Å². The summed E-state index contributed by atoms with van der Waals surface area (Å²) in [7, 11) is -4.40. The summed E-state index contributed by atoms with van der Waals surface area (Å²) in [5.41, 5.74) is -2.52. The Bertz CT molecular complexity index is 1520. The molecule has 34 heavy (non-hydrogen) atoms. The van der Waals surface area contributed by atoms with Crippen molar-refractivity contribution in [3.8, 4) is 17.1 Å². The molecule has 8 nitrogen and oxygen atoms in total. The summed E-state index contributed by atoms with van der Waals surface area (Å²) in [6, 6.07) is 2.54. The molecule has 0 spiro atoms. The standard InChI is InChI=1S/C20H12F5N5O3S/c21-10-7-27-19(28-8-10)17-11-5-16(29-18(11)13(22)6-12(17)20(23,24)25)34(31,32)30-3-4-33-15-1-2-26-9-14(15)30/h1-2,5-9,29H,3-4H2. The molecule has 14 heteroatoms. The first-order valence-electron chi connectivity index (χ1n) is 9.57. The molecule has 4 heterocycles. The summed E-state index contributed by atoms with van der Waals surface area (Å²) in [6.07, 6.45) is -1.07. The van der Waals surface area contributed by atoms with Gasteiger partial charge in [0.1, 0.15) is 23.9 Å². The highest BCUT2D eigenvalue weighted by atomic mass is 32.2. The van der Waals surface area contributed by atoms with Crippen LogP contribution in [-0.2, 0) is 16.2 Å². The number of rotatable bonds is 3. The molecule has 1 aromatic carbocycles. The summed E-state index contributed by atoms with van der Waals surface area (Å²) >= 11 is 0. The molecule has 5 rings (SSSR count). The average molecular weight is 497 g/mol. The van der Waals surface area contributed by atoms with Crippen LogP contribution in [0.2, 0.25) is 0 Å². The van der Waals surface area contributed by atoms with E-state index < -0.39 is 60.7 Å². The van der Waals surface area contributed by atoms with Gasteiger partial charge in [-0.3, -0.25) is 9.29 Å². The summed E-state index contributed by atoms with van der Waals surface area (Å²) < 4.78 is 102. The quantitative estimate of drug-likeness (QED) is 0.431. The van der Waals surface area contributed by atoms with Gasteiger partial charge in [0, 0.05) is 23.2 Å². The number of pyridine rings is 1. The van der Waals surface area contributed by atoms with Crippen molar-refractivity contribution >= 4 is 26.6 Å². The van der Waals surface area contributed by atoms with Crippen LogP contribution in [0.1, 0.15) is 5.56 Å². The van der Waals surface area contributed by atoms with Crippen molar-refractivity contribution in [2.24, 2.45) is 0 Å². The van der Waals surface area contributed by atoms with E-state index in [1.54, 1.807) is 0 Å². The molecular weight excluding hydrogens is 485 g/mol. The summed E-state index contributed by atoms with van der Waals surface area (Å²) in [5, 5.41) is -1.00. The predicted octanol–water partition coefficient (Wildman–Crippen LogP) is 3.90. The molecule has 0 amide bonds. The number of aromatic nitrogens is 4. The number of benzene rings is 1. The van der Waals surface area contributed by atoms with Crippen molar-refractivity contribution in [3.63, 3.8) is 0 Å². The molecule has 0 saturated heterocycles. The molecule has 3 aromatic heterocycles. The zero-order valence-electron chi connectivity index (χ0n) is 16.8. The minimum absolute atomic E-state index is 0.0116. The van der Waals surface area contributed by atoms with Crippen LogP contribution in [-0.4, -0.2) is 41.5 Å². The number of hydrogen-bond donors (Lipinski definition) is 1. The van der Waals surface area contributed by atoms with Gasteiger partial charge in [-0.15, -0.1) is 0 Å². The Labute approximate surface area is 188 Å². The van der Waals surface area contributed by atoms with Gasteiger partial charge in [0.15, 0.2) is 16.7 Å². The molecule has 0 bridgehead atoms. The molecule has 0 saturated carbocycles. The van der Waals surface area contributed by atoms with Crippen LogP contribution in [0.4, 0.5) is 27.6 Å². The Hall–Kier alpha value is -3.81. The molecule has 0 aliphatic carbocycles. The van der Waals surface area contributed by atoms with Crippen LogP contribution < -0.4 is 9.04 Å². The normalized spacial score (nSPS) is 14.2. The molecule has 0 fully saturated rings. The van der Waals surface area contributed by atoms with E-state index in [0.717, 1.165) is 10.4 Å². The number of hydrogen-bond acceptors (Lipinski definition) is 6. The molecule has 176 valence electrons. The first-order valence-corrected chi connectivity index (χ1v) is 11.0. The SMILES string of the molecule is O=S(=O)(c1cc2c(-c3ncc(F)cn3)c(C(F)(F)F)cc(F)c2[nH]1)N1CCOc2ccncc21. The Morgan fingerprint density at radius 2 is 1.82 bits per heavy atom. The van der Waals surface area contributed by atoms with Crippen molar-refractivity contribution in [1.29, 1.82) is 0 Å². The maximum absolute atomic E-state index is 14.7. The van der Waals surface area contributed by atoms with Crippen molar-refractivity contribution in [2.75, 3.05) is 17.5 Å². The zero-order chi connectivity index (χ0) is 24.3. The summed E-state index contributed by atoms with van der Waals surface area (Å²) in [6.45, 7) is -0.0989. The smallest absolute Gasteiger partial charge is 0.417 e. The lowest BCUT2D eigenvalue weighted by molar-refractivity contribution is -0.137. The van der Waals surface area contributed by atoms with Gasteiger partial charge < -0.3 is 9.72 Å². The van der Waals surface area contributed by atoms with E-state index in [0.29, 0.717) is 12.4 Å². The maximum Gasteiger partial charge on any atom is 0.417 e. The van der Waals surface area contributed by atoms with Gasteiger partial charge in [0.25, 0.3) is 10.0 Å². The van der Waals surface area contributed by atoms with Crippen LogP contribution in [0.25, 0.3) is 22.3 Å². The number of fused-ring (bicyclic) bond motifs is 2. The molecule has 0 unspecified atom stereocenters. The number of H-pyrrole nitrogens is 1. The second-order valence-corrected chi connectivity index (χ2v) is 9.03. The highest BCUT2D eigenvalue weighted by Crippen LogP contribution is 2.42. The van der Waals surface area contributed by atoms with E-state index in [9.17, 15) is 30.4 Å². The van der Waals surface area contributed by atoms with Crippen molar-refractivity contribution in [2.45, 2.75) is 11.2 Å². The van der Waals surface area contributed by atoms with Crippen LogP contribution in [0.15, 0.2) is 48.0 Å². The lowest BCUT2D eigenvalue weighted by atomic mass is 10.0. The van der Waals surface area contributed by atoms with Gasteiger partial charge in [0.2, 0.25) is 0 Å². The number of sulfonamides is 1. The molecule has 1 aliphatic heterocycles. The third kappa shape index (κ3) is 3.50. The zero-order valence-corrected chi connectivity index (χ0v) is 17.6. The molecule has 0 radical (unpaired) electrons. The van der Waals surface area contributed by atoms with E-state index in [1.807, 2.05) is 0 Å². The highest BCUT2D eigenvalue weighted by Gasteiger charge is 2.38. The van der Waals surface area contributed by atoms with Crippen LogP contribution >= 0.6 is 0 Å². The van der Waals surface area contributed by atoms with Gasteiger partial charge in [-0.2, -0.15) is 21.6 Å². The largest absolute Gasteiger partial charge is 0.489 e. The highest BCUT2D eigenvalue weighted by molar-refractivity contribution is 7.92. The maximum atomic E-state index is 14.7. The number of nitrogens with one attached hydrogen (secondary N) is 1. The fraction of sp³-hybridized carbons (Fsp3) is 0.150. The molecule has 4 aromatic rings. The summed E-state index contributed by atoms with van der Waals surface area (Å²) in [5.74, 6) is -2.54. The number of ether oxygens (including phenoxy) is 1. The predicted molar refractivity (Wildman–Crippen MR) is 109 cm³/mol. The minimum Gasteiger partial charge on any atom is -0.489 e. The number of anilines is 1. The van der Waals surface area contributed by atoms with E-state index in [1.165, 1.54) is 18.5 Å². The third-order valence-corrected chi connectivity index (χ3v) is 6.88. The number of halogens is 5. The van der Waals surface area contributed by atoms with E-state index in [2.05, 4.69) is 19.9 Å². The number of aromatic amines is 1. The molecular formula is C20H12F5N5O3S. The topological polar surface area (TPSA) is 101 Å². The van der Waals surface area contributed by atoms with Gasteiger partial charge >= 0.3 is 6.18 Å². The Morgan fingerprint density at radius 1 is 1.09 bits per heavy atom. The Kier molecular flexibility index (Phi) is 4.93. The number of alkyl halides is 3. The van der Waals surface area contributed by atoms with E-state index in [-0.39, 0.29) is 30.7 Å². The monoisotopic (exact) mass is 497 g/mol. The fourth-order valence-electron chi connectivity index (χ4n) is 3.69. The van der Waals surface area contributed by atoms with Gasteiger partial charge in [-0.25, -0.2) is 18.7 Å². The van der Waals surface area contributed by atoms with E-state index in [4.69, 9.17) is 4.74 Å². The first kappa shape index (κ1) is 22.0. The third-order valence-electron chi connectivity index (χ3n) is 5.14. The van der Waals surface area contributed by atoms with Crippen molar-refractivity contribution in [3.05, 3.63) is 60.2 Å². The second kappa shape index (κ2) is 7.62. The van der Waals surface area contributed by atoms with Crippen LogP contribution in [0, 0.1) is 11.6 Å². The Balaban J connectivity index is 1.75. The van der Waals surface area contributed by atoms with Crippen molar-refractivity contribution < 1.29 is 35.1 Å². The molecule has 1 aliphatic rings. The Morgan fingerprint density at radius 3 is 2.53 bits per heavy atom. The van der Waals surface area contributed by atoms with Gasteiger partial charge in [-0.05, 0) is 12.1 Å². The second-order valence-electron chi connectivity index (χ2n) is 7.19. The summed E-state index contributed by atoms with van der Waals surface area (Å²) in [4.78, 5) is 13.4. The van der Waals surface area contributed by atoms with Crippen molar-refractivity contribution in [1.82, 2.24) is 19.9 Å². The minimum atomic E-state index is -5.03. The van der Waals surface area contributed by atoms with Crippen LogP contribution in [0.3, 0.4) is 0 Å².